The Labute approximate surface area is 233 Å². The van der Waals surface area contributed by atoms with Gasteiger partial charge in [-0.15, -0.1) is 0 Å². The van der Waals surface area contributed by atoms with Crippen molar-refractivity contribution in [2.45, 2.75) is 45.2 Å². The third-order valence-electron chi connectivity index (χ3n) is 7.78. The number of amides is 2. The van der Waals surface area contributed by atoms with Crippen molar-refractivity contribution in [1.82, 2.24) is 0 Å². The number of rotatable bonds is 5. The van der Waals surface area contributed by atoms with Gasteiger partial charge in [0, 0.05) is 53.7 Å². The van der Waals surface area contributed by atoms with Gasteiger partial charge in [-0.1, -0.05) is 29.8 Å². The molecule has 3 aromatic rings. The van der Waals surface area contributed by atoms with E-state index < -0.39 is 5.97 Å². The largest absolute Gasteiger partial charge is 0.481 e. The maximum atomic E-state index is 13.9. The highest BCUT2D eigenvalue weighted by Crippen LogP contribution is 2.43. The van der Waals surface area contributed by atoms with Crippen LogP contribution in [0.1, 0.15) is 55.1 Å². The van der Waals surface area contributed by atoms with E-state index in [9.17, 15) is 19.5 Å². The summed E-state index contributed by atoms with van der Waals surface area (Å²) in [6, 6.07) is 22.0. The van der Waals surface area contributed by atoms with E-state index >= 15 is 0 Å². The molecule has 5 rings (SSSR count). The van der Waals surface area contributed by atoms with Gasteiger partial charge in [0.2, 0.25) is 5.91 Å². The van der Waals surface area contributed by atoms with E-state index in [4.69, 9.17) is 11.6 Å². The first kappa shape index (κ1) is 26.8. The summed E-state index contributed by atoms with van der Waals surface area (Å²) in [6.45, 7) is 4.84. The average Bonchev–Trinajstić information content (AvgIpc) is 2.94. The van der Waals surface area contributed by atoms with Crippen LogP contribution >= 0.6 is 11.6 Å². The van der Waals surface area contributed by atoms with E-state index in [-0.39, 0.29) is 29.8 Å². The maximum Gasteiger partial charge on any atom is 0.308 e. The molecule has 3 atom stereocenters. The molecular weight excluding hydrogens is 514 g/mol. The fourth-order valence-corrected chi connectivity index (χ4v) is 6.01. The number of fused-ring (bicyclic) bond motifs is 1. The van der Waals surface area contributed by atoms with Crippen molar-refractivity contribution < 1.29 is 19.5 Å². The molecule has 2 heterocycles. The number of carbonyl (C=O) groups is 3. The minimum absolute atomic E-state index is 0.0810. The molecule has 3 aromatic carbocycles. The molecule has 2 aliphatic rings. The molecule has 1 saturated heterocycles. The lowest BCUT2D eigenvalue weighted by atomic mass is 9.89. The van der Waals surface area contributed by atoms with Crippen molar-refractivity contribution in [3.63, 3.8) is 0 Å². The van der Waals surface area contributed by atoms with Crippen LogP contribution in [0.2, 0.25) is 5.02 Å². The van der Waals surface area contributed by atoms with E-state index in [2.05, 4.69) is 4.90 Å². The third kappa shape index (κ3) is 5.36. The summed E-state index contributed by atoms with van der Waals surface area (Å²) in [7, 11) is 0. The van der Waals surface area contributed by atoms with Gasteiger partial charge in [-0.3, -0.25) is 14.4 Å². The molecule has 8 heteroatoms. The second-order valence-corrected chi connectivity index (χ2v) is 10.8. The molecule has 0 saturated carbocycles. The summed E-state index contributed by atoms with van der Waals surface area (Å²) in [4.78, 5) is 43.9. The van der Waals surface area contributed by atoms with Gasteiger partial charge >= 0.3 is 5.97 Å². The molecule has 0 bridgehead atoms. The molecule has 2 amide bonds. The van der Waals surface area contributed by atoms with Crippen LogP contribution in [-0.2, 0) is 9.59 Å². The van der Waals surface area contributed by atoms with Crippen molar-refractivity contribution in [3.8, 4) is 0 Å². The van der Waals surface area contributed by atoms with Crippen LogP contribution in [0, 0.1) is 5.92 Å². The standard InChI is InChI=1S/C31H32ClN3O4/c1-20-18-29(35(21(2)36)26-15-11-24(32)12-16-26)27-7-3-4-8-28(27)34(20)30(37)22-9-13-25(14-10-22)33-17-5-6-23(19-33)31(38)39/h3-4,7-16,20,23,29H,5-6,17-19H2,1-2H3,(H,38,39)/t20-,23?,29+/m0/s1. The molecule has 1 unspecified atom stereocenters. The SMILES string of the molecule is CC(=O)N(c1ccc(Cl)cc1)[C@@H]1C[C@H](C)N(C(=O)c2ccc(N3CCCC(C(=O)O)C3)cc2)c2ccccc21. The number of anilines is 3. The lowest BCUT2D eigenvalue weighted by Gasteiger charge is -2.43. The Morgan fingerprint density at radius 1 is 0.974 bits per heavy atom. The summed E-state index contributed by atoms with van der Waals surface area (Å²) in [5.74, 6) is -1.33. The van der Waals surface area contributed by atoms with Gasteiger partial charge in [-0.2, -0.15) is 0 Å². The Morgan fingerprint density at radius 3 is 2.33 bits per heavy atom. The number of carboxylic acid groups (broad SMARTS) is 1. The van der Waals surface area contributed by atoms with Crippen molar-refractivity contribution >= 4 is 46.4 Å². The van der Waals surface area contributed by atoms with Crippen LogP contribution in [0.15, 0.2) is 72.8 Å². The Balaban J connectivity index is 1.42. The predicted molar refractivity (Wildman–Crippen MR) is 154 cm³/mol. The number of para-hydroxylation sites is 1. The van der Waals surface area contributed by atoms with Crippen molar-refractivity contribution in [2.24, 2.45) is 5.92 Å². The molecule has 0 aliphatic carbocycles. The van der Waals surface area contributed by atoms with Gasteiger partial charge in [-0.05, 0) is 86.3 Å². The molecule has 0 radical (unpaired) electrons. The second kappa shape index (κ2) is 11.1. The number of carbonyl (C=O) groups excluding carboxylic acids is 2. The fourth-order valence-electron chi connectivity index (χ4n) is 5.89. The number of aliphatic carboxylic acids is 1. The lowest BCUT2D eigenvalue weighted by Crippen LogP contribution is -2.47. The Hall–Kier alpha value is -3.84. The average molecular weight is 546 g/mol. The number of nitrogens with zero attached hydrogens (tertiary/aromatic N) is 3. The molecule has 2 aliphatic heterocycles. The van der Waals surface area contributed by atoms with Crippen LogP contribution < -0.4 is 14.7 Å². The van der Waals surface area contributed by atoms with Crippen LogP contribution in [0.25, 0.3) is 0 Å². The number of piperidine rings is 1. The van der Waals surface area contributed by atoms with Crippen LogP contribution in [-0.4, -0.2) is 42.0 Å². The first-order chi connectivity index (χ1) is 18.7. The highest BCUT2D eigenvalue weighted by molar-refractivity contribution is 6.30. The number of halogens is 1. The Bertz CT molecular complexity index is 1380. The molecule has 202 valence electrons. The summed E-state index contributed by atoms with van der Waals surface area (Å²) in [5.41, 5.74) is 3.95. The van der Waals surface area contributed by atoms with Gasteiger partial charge in [0.15, 0.2) is 0 Å². The first-order valence-electron chi connectivity index (χ1n) is 13.3. The van der Waals surface area contributed by atoms with E-state index in [1.54, 1.807) is 24.0 Å². The topological polar surface area (TPSA) is 81.2 Å². The Kier molecular flexibility index (Phi) is 7.62. The smallest absolute Gasteiger partial charge is 0.308 e. The minimum Gasteiger partial charge on any atom is -0.481 e. The van der Waals surface area contributed by atoms with E-state index in [0.717, 1.165) is 35.6 Å². The highest BCUT2D eigenvalue weighted by atomic mass is 35.5. The molecule has 0 aromatic heterocycles. The normalized spacial score (nSPS) is 20.7. The van der Waals surface area contributed by atoms with Crippen LogP contribution in [0.5, 0.6) is 0 Å². The van der Waals surface area contributed by atoms with E-state index in [0.29, 0.717) is 30.0 Å². The van der Waals surface area contributed by atoms with Gasteiger partial charge in [-0.25, -0.2) is 0 Å². The van der Waals surface area contributed by atoms with Gasteiger partial charge in [0.25, 0.3) is 5.91 Å². The zero-order chi connectivity index (χ0) is 27.7. The maximum absolute atomic E-state index is 13.9. The summed E-state index contributed by atoms with van der Waals surface area (Å²) < 4.78 is 0. The molecule has 7 nitrogen and oxygen atoms in total. The third-order valence-corrected chi connectivity index (χ3v) is 8.04. The number of carboxylic acids is 1. The quantitative estimate of drug-likeness (QED) is 0.414. The number of benzene rings is 3. The van der Waals surface area contributed by atoms with Crippen molar-refractivity contribution in [2.75, 3.05) is 27.8 Å². The van der Waals surface area contributed by atoms with Crippen molar-refractivity contribution in [1.29, 1.82) is 0 Å². The number of hydrogen-bond acceptors (Lipinski definition) is 4. The highest BCUT2D eigenvalue weighted by Gasteiger charge is 2.38. The van der Waals surface area contributed by atoms with Crippen LogP contribution in [0.4, 0.5) is 17.1 Å². The summed E-state index contributed by atoms with van der Waals surface area (Å²) >= 11 is 6.10. The minimum atomic E-state index is -0.762. The fraction of sp³-hybridized carbons (Fsp3) is 0.323. The summed E-state index contributed by atoms with van der Waals surface area (Å²) in [6.07, 6.45) is 2.09. The van der Waals surface area contributed by atoms with Gasteiger partial charge < -0.3 is 19.8 Å². The molecule has 1 fully saturated rings. The molecule has 1 N–H and O–H groups in total. The monoisotopic (exact) mass is 545 g/mol. The zero-order valence-electron chi connectivity index (χ0n) is 22.1. The first-order valence-corrected chi connectivity index (χ1v) is 13.7. The molecule has 0 spiro atoms. The van der Waals surface area contributed by atoms with E-state index in [1.165, 1.54) is 0 Å². The lowest BCUT2D eigenvalue weighted by molar-refractivity contribution is -0.142. The summed E-state index contributed by atoms with van der Waals surface area (Å²) in [5, 5.41) is 10.0. The predicted octanol–water partition coefficient (Wildman–Crippen LogP) is 6.17. The number of hydrogen-bond donors (Lipinski definition) is 1. The van der Waals surface area contributed by atoms with E-state index in [1.807, 2.05) is 72.5 Å². The van der Waals surface area contributed by atoms with Crippen LogP contribution in [0.3, 0.4) is 0 Å². The molecule has 39 heavy (non-hydrogen) atoms. The Morgan fingerprint density at radius 2 is 1.67 bits per heavy atom. The second-order valence-electron chi connectivity index (χ2n) is 10.4. The van der Waals surface area contributed by atoms with Gasteiger partial charge in [0.05, 0.1) is 12.0 Å². The van der Waals surface area contributed by atoms with Gasteiger partial charge in [0.1, 0.15) is 0 Å². The van der Waals surface area contributed by atoms with Crippen molar-refractivity contribution in [3.05, 3.63) is 88.9 Å². The molecular formula is C31H32ClN3O4. The zero-order valence-corrected chi connectivity index (χ0v) is 22.8.